The molecule has 0 unspecified atom stereocenters. The normalized spacial score (nSPS) is 16.1. The van der Waals surface area contributed by atoms with Gasteiger partial charge in [0.15, 0.2) is 0 Å². The van der Waals surface area contributed by atoms with Crippen LogP contribution in [0.1, 0.15) is 30.9 Å². The number of nitro groups is 1. The van der Waals surface area contributed by atoms with E-state index in [-0.39, 0.29) is 18.1 Å². The van der Waals surface area contributed by atoms with Crippen molar-refractivity contribution in [2.24, 2.45) is 11.7 Å². The lowest BCUT2D eigenvalue weighted by atomic mass is 10.0. The fourth-order valence-corrected chi connectivity index (χ4v) is 1.83. The van der Waals surface area contributed by atoms with Gasteiger partial charge in [0.2, 0.25) is 0 Å². The van der Waals surface area contributed by atoms with Crippen LogP contribution in [0.3, 0.4) is 0 Å². The summed E-state index contributed by atoms with van der Waals surface area (Å²) < 4.78 is 13.0. The Bertz CT molecular complexity index is 424. The molecular formula is C11H14ClFN2O2. The zero-order valence-corrected chi connectivity index (χ0v) is 9.95. The van der Waals surface area contributed by atoms with Crippen molar-refractivity contribution < 1.29 is 9.31 Å². The fourth-order valence-electron chi connectivity index (χ4n) is 1.83. The molecule has 0 aromatic heterocycles. The van der Waals surface area contributed by atoms with Crippen LogP contribution >= 0.6 is 12.4 Å². The summed E-state index contributed by atoms with van der Waals surface area (Å²) in [7, 11) is 0. The maximum absolute atomic E-state index is 13.0. The molecule has 2 N–H and O–H groups in total. The van der Waals surface area contributed by atoms with Gasteiger partial charge in [0.05, 0.1) is 4.92 Å². The zero-order chi connectivity index (χ0) is 11.7. The molecule has 1 aromatic rings. The quantitative estimate of drug-likeness (QED) is 0.668. The number of hydrogen-bond donors (Lipinski definition) is 1. The summed E-state index contributed by atoms with van der Waals surface area (Å²) in [6.07, 6.45) is 2.94. The van der Waals surface area contributed by atoms with E-state index in [1.165, 1.54) is 12.1 Å². The van der Waals surface area contributed by atoms with E-state index in [0.29, 0.717) is 17.9 Å². The molecule has 0 aliphatic heterocycles. The molecule has 1 saturated carbocycles. The molecule has 0 heterocycles. The van der Waals surface area contributed by atoms with Crippen LogP contribution in [0, 0.1) is 21.8 Å². The minimum Gasteiger partial charge on any atom is -0.324 e. The molecule has 0 saturated heterocycles. The van der Waals surface area contributed by atoms with Crippen molar-refractivity contribution in [3.8, 4) is 0 Å². The fraction of sp³-hybridized carbons (Fsp3) is 0.455. The Kier molecular flexibility index (Phi) is 4.42. The lowest BCUT2D eigenvalue weighted by Crippen LogP contribution is -2.13. The van der Waals surface area contributed by atoms with E-state index in [2.05, 4.69) is 0 Å². The number of nitrogens with two attached hydrogens (primary N) is 1. The van der Waals surface area contributed by atoms with Crippen LogP contribution in [0.5, 0.6) is 0 Å². The monoisotopic (exact) mass is 260 g/mol. The number of nitrogens with zero attached hydrogens (tertiary/aromatic N) is 1. The van der Waals surface area contributed by atoms with Crippen molar-refractivity contribution in [1.82, 2.24) is 0 Å². The van der Waals surface area contributed by atoms with Gasteiger partial charge in [0.1, 0.15) is 5.82 Å². The smallest absolute Gasteiger partial charge is 0.274 e. The lowest BCUT2D eigenvalue weighted by Gasteiger charge is -2.11. The summed E-state index contributed by atoms with van der Waals surface area (Å²) in [6.45, 7) is 0. The first-order valence-electron chi connectivity index (χ1n) is 5.27. The molecule has 0 radical (unpaired) electrons. The van der Waals surface area contributed by atoms with E-state index in [9.17, 15) is 14.5 Å². The van der Waals surface area contributed by atoms with Gasteiger partial charge >= 0.3 is 0 Å². The summed E-state index contributed by atoms with van der Waals surface area (Å²) in [6, 6.07) is 3.00. The van der Waals surface area contributed by atoms with E-state index in [1.807, 2.05) is 0 Å². The van der Waals surface area contributed by atoms with Crippen LogP contribution in [0.2, 0.25) is 0 Å². The highest BCUT2D eigenvalue weighted by Crippen LogP contribution is 2.38. The molecule has 1 fully saturated rings. The first kappa shape index (κ1) is 13.9. The van der Waals surface area contributed by atoms with Gasteiger partial charge in [-0.25, -0.2) is 4.39 Å². The van der Waals surface area contributed by atoms with E-state index in [1.54, 1.807) is 0 Å². The maximum atomic E-state index is 13.0. The number of halogens is 2. The molecule has 2 rings (SSSR count). The summed E-state index contributed by atoms with van der Waals surface area (Å²) in [5.74, 6) is 0.0738. The highest BCUT2D eigenvalue weighted by Gasteiger charge is 2.28. The van der Waals surface area contributed by atoms with Gasteiger partial charge in [-0.1, -0.05) is 12.8 Å². The number of nitro benzene ring substituents is 1. The third-order valence-corrected chi connectivity index (χ3v) is 2.87. The molecule has 6 heteroatoms. The first-order chi connectivity index (χ1) is 7.58. The highest BCUT2D eigenvalue weighted by atomic mass is 35.5. The van der Waals surface area contributed by atoms with Gasteiger partial charge in [-0.05, 0) is 24.5 Å². The molecule has 0 amide bonds. The predicted molar refractivity (Wildman–Crippen MR) is 64.6 cm³/mol. The van der Waals surface area contributed by atoms with E-state index in [4.69, 9.17) is 5.73 Å². The Morgan fingerprint density at radius 1 is 1.53 bits per heavy atom. The third kappa shape index (κ3) is 3.38. The summed E-state index contributed by atoms with van der Waals surface area (Å²) >= 11 is 0. The summed E-state index contributed by atoms with van der Waals surface area (Å²) in [4.78, 5) is 10.3. The first-order valence-corrected chi connectivity index (χ1v) is 5.27. The standard InChI is InChI=1S/C11H13FN2O2.ClH/c12-8-3-4-11(14(15)16)9(6-8)10(13)5-7-1-2-7;/h3-4,6-7,10H,1-2,5,13H2;1H/t10-;/m0./s1. The molecule has 1 atom stereocenters. The molecule has 4 nitrogen and oxygen atoms in total. The Balaban J connectivity index is 0.00000144. The summed E-state index contributed by atoms with van der Waals surface area (Å²) in [5, 5.41) is 10.8. The molecule has 0 bridgehead atoms. The van der Waals surface area contributed by atoms with Crippen molar-refractivity contribution in [3.63, 3.8) is 0 Å². The van der Waals surface area contributed by atoms with Crippen LogP contribution < -0.4 is 5.73 Å². The van der Waals surface area contributed by atoms with Gasteiger partial charge in [-0.2, -0.15) is 0 Å². The SMILES string of the molecule is Cl.N[C@@H](CC1CC1)c1cc(F)ccc1[N+](=O)[O-]. The molecule has 94 valence electrons. The largest absolute Gasteiger partial charge is 0.324 e. The Morgan fingerprint density at radius 3 is 2.71 bits per heavy atom. The molecular weight excluding hydrogens is 247 g/mol. The Labute approximate surface area is 105 Å². The highest BCUT2D eigenvalue weighted by molar-refractivity contribution is 5.85. The molecule has 1 aromatic carbocycles. The average molecular weight is 261 g/mol. The molecule has 17 heavy (non-hydrogen) atoms. The second-order valence-electron chi connectivity index (χ2n) is 4.25. The zero-order valence-electron chi connectivity index (χ0n) is 9.14. The maximum Gasteiger partial charge on any atom is 0.274 e. The van der Waals surface area contributed by atoms with Gasteiger partial charge < -0.3 is 5.73 Å². The topological polar surface area (TPSA) is 69.2 Å². The van der Waals surface area contributed by atoms with Gasteiger partial charge in [-0.15, -0.1) is 12.4 Å². The van der Waals surface area contributed by atoms with Crippen molar-refractivity contribution in [2.45, 2.75) is 25.3 Å². The van der Waals surface area contributed by atoms with Crippen molar-refractivity contribution >= 4 is 18.1 Å². The van der Waals surface area contributed by atoms with Crippen molar-refractivity contribution in [1.29, 1.82) is 0 Å². The second kappa shape index (κ2) is 5.42. The Morgan fingerprint density at radius 2 is 2.18 bits per heavy atom. The van der Waals surface area contributed by atoms with Crippen molar-refractivity contribution in [3.05, 3.63) is 39.7 Å². The molecule has 0 spiro atoms. The molecule has 1 aliphatic rings. The van der Waals surface area contributed by atoms with Gasteiger partial charge in [0, 0.05) is 17.7 Å². The van der Waals surface area contributed by atoms with Gasteiger partial charge in [-0.3, -0.25) is 10.1 Å². The van der Waals surface area contributed by atoms with Crippen LogP contribution in [0.4, 0.5) is 10.1 Å². The molecule has 1 aliphatic carbocycles. The third-order valence-electron chi connectivity index (χ3n) is 2.87. The number of hydrogen-bond acceptors (Lipinski definition) is 3. The van der Waals surface area contributed by atoms with E-state index < -0.39 is 16.8 Å². The Hall–Kier alpha value is -1.20. The average Bonchev–Trinajstić information content (AvgIpc) is 3.01. The van der Waals surface area contributed by atoms with Crippen molar-refractivity contribution in [2.75, 3.05) is 0 Å². The lowest BCUT2D eigenvalue weighted by molar-refractivity contribution is -0.385. The summed E-state index contributed by atoms with van der Waals surface area (Å²) in [5.41, 5.74) is 6.09. The number of rotatable bonds is 4. The van der Waals surface area contributed by atoms with Crippen LogP contribution in [-0.4, -0.2) is 4.92 Å². The minimum absolute atomic E-state index is 0. The number of benzene rings is 1. The van der Waals surface area contributed by atoms with E-state index >= 15 is 0 Å². The predicted octanol–water partition coefficient (Wildman–Crippen LogP) is 2.96. The van der Waals surface area contributed by atoms with E-state index in [0.717, 1.165) is 18.9 Å². The minimum atomic E-state index is -0.512. The van der Waals surface area contributed by atoms with Crippen LogP contribution in [-0.2, 0) is 0 Å². The van der Waals surface area contributed by atoms with Crippen LogP contribution in [0.15, 0.2) is 18.2 Å². The second-order valence-corrected chi connectivity index (χ2v) is 4.25. The van der Waals surface area contributed by atoms with Crippen LogP contribution in [0.25, 0.3) is 0 Å². The van der Waals surface area contributed by atoms with Gasteiger partial charge in [0.25, 0.3) is 5.69 Å².